The van der Waals surface area contributed by atoms with Gasteiger partial charge in [0.1, 0.15) is 6.04 Å². The molecule has 10 heteroatoms. The maximum Gasteiger partial charge on any atom is 0.243 e. The van der Waals surface area contributed by atoms with Crippen LogP contribution in [0, 0.1) is 0 Å². The number of morpholine rings is 1. The van der Waals surface area contributed by atoms with Gasteiger partial charge in [-0.25, -0.2) is 8.42 Å². The summed E-state index contributed by atoms with van der Waals surface area (Å²) in [5.74, 6) is 0.435. The molecule has 34 heavy (non-hydrogen) atoms. The van der Waals surface area contributed by atoms with E-state index in [2.05, 4.69) is 10.2 Å². The summed E-state index contributed by atoms with van der Waals surface area (Å²) in [6.45, 7) is 6.08. The number of anilines is 1. The van der Waals surface area contributed by atoms with E-state index in [1.54, 1.807) is 19.1 Å². The lowest BCUT2D eigenvalue weighted by atomic mass is 10.1. The highest BCUT2D eigenvalue weighted by Crippen LogP contribution is 2.33. The van der Waals surface area contributed by atoms with Crippen LogP contribution < -0.4 is 19.1 Å². The van der Waals surface area contributed by atoms with Gasteiger partial charge in [-0.05, 0) is 30.2 Å². The highest BCUT2D eigenvalue weighted by atomic mass is 32.2. The number of carbonyl (C=O) groups excluding carboxylic acids is 1. The van der Waals surface area contributed by atoms with Crippen LogP contribution in [0.15, 0.2) is 42.5 Å². The highest BCUT2D eigenvalue weighted by molar-refractivity contribution is 7.92. The van der Waals surface area contributed by atoms with Gasteiger partial charge in [0.2, 0.25) is 15.9 Å². The molecule has 186 valence electrons. The second kappa shape index (κ2) is 11.5. The van der Waals surface area contributed by atoms with Gasteiger partial charge in [0.05, 0.1) is 39.4 Å². The number of rotatable bonds is 10. The van der Waals surface area contributed by atoms with E-state index in [-0.39, 0.29) is 0 Å². The first-order valence-corrected chi connectivity index (χ1v) is 12.9. The van der Waals surface area contributed by atoms with E-state index in [0.717, 1.165) is 49.0 Å². The Morgan fingerprint density at radius 1 is 1.06 bits per heavy atom. The Morgan fingerprint density at radius 3 is 2.26 bits per heavy atom. The van der Waals surface area contributed by atoms with E-state index in [1.165, 1.54) is 25.8 Å². The normalized spacial score (nSPS) is 15.4. The van der Waals surface area contributed by atoms with Gasteiger partial charge in [-0.2, -0.15) is 0 Å². The van der Waals surface area contributed by atoms with Crippen LogP contribution in [0.2, 0.25) is 0 Å². The van der Waals surface area contributed by atoms with Crippen molar-refractivity contribution < 1.29 is 27.4 Å². The van der Waals surface area contributed by atoms with Gasteiger partial charge in [0, 0.05) is 32.2 Å². The van der Waals surface area contributed by atoms with Crippen molar-refractivity contribution in [2.75, 3.05) is 51.1 Å². The molecule has 0 radical (unpaired) electrons. The molecule has 1 amide bonds. The van der Waals surface area contributed by atoms with Gasteiger partial charge < -0.3 is 19.5 Å². The van der Waals surface area contributed by atoms with Crippen LogP contribution >= 0.6 is 0 Å². The minimum atomic E-state index is -3.75. The van der Waals surface area contributed by atoms with Crippen LogP contribution in [-0.4, -0.2) is 72.0 Å². The standard InChI is InChI=1S/C24H33N3O6S/c1-18(27(34(4,29)30)21-9-10-22(31-2)23(15-21)32-3)24(28)25-16-19-5-7-20(8-6-19)17-26-11-13-33-14-12-26/h5-10,15,18H,11-14,16-17H2,1-4H3,(H,25,28)/t18-/m0/s1. The maximum absolute atomic E-state index is 12.9. The number of nitrogens with zero attached hydrogens (tertiary/aromatic N) is 2. The van der Waals surface area contributed by atoms with Gasteiger partial charge in [0.15, 0.2) is 11.5 Å². The first kappa shape index (κ1) is 25.8. The Morgan fingerprint density at radius 2 is 1.68 bits per heavy atom. The third-order valence-electron chi connectivity index (χ3n) is 5.71. The number of sulfonamides is 1. The number of ether oxygens (including phenoxy) is 3. The number of methoxy groups -OCH3 is 2. The van der Waals surface area contributed by atoms with Crippen molar-refractivity contribution in [2.24, 2.45) is 0 Å². The molecule has 1 aliphatic heterocycles. The van der Waals surface area contributed by atoms with Gasteiger partial charge >= 0.3 is 0 Å². The molecule has 2 aromatic carbocycles. The van der Waals surface area contributed by atoms with Crippen molar-refractivity contribution in [2.45, 2.75) is 26.1 Å². The molecule has 3 rings (SSSR count). The van der Waals surface area contributed by atoms with Crippen molar-refractivity contribution in [3.8, 4) is 11.5 Å². The monoisotopic (exact) mass is 491 g/mol. The van der Waals surface area contributed by atoms with Crippen molar-refractivity contribution >= 4 is 21.6 Å². The third kappa shape index (κ3) is 6.62. The van der Waals surface area contributed by atoms with Gasteiger partial charge in [-0.15, -0.1) is 0 Å². The molecule has 1 saturated heterocycles. The molecule has 0 aromatic heterocycles. The van der Waals surface area contributed by atoms with Crippen LogP contribution in [0.1, 0.15) is 18.1 Å². The summed E-state index contributed by atoms with van der Waals surface area (Å²) >= 11 is 0. The summed E-state index contributed by atoms with van der Waals surface area (Å²) in [6, 6.07) is 11.8. The molecule has 0 bridgehead atoms. The maximum atomic E-state index is 12.9. The van der Waals surface area contributed by atoms with Gasteiger partial charge in [0.25, 0.3) is 0 Å². The van der Waals surface area contributed by atoms with Crippen molar-refractivity contribution in [1.82, 2.24) is 10.2 Å². The van der Waals surface area contributed by atoms with E-state index in [1.807, 2.05) is 24.3 Å². The van der Waals surface area contributed by atoms with Crippen LogP contribution in [0.5, 0.6) is 11.5 Å². The fraction of sp³-hybridized carbons (Fsp3) is 0.458. The molecule has 1 fully saturated rings. The van der Waals surface area contributed by atoms with Crippen LogP contribution in [0.4, 0.5) is 5.69 Å². The Hall–Kier alpha value is -2.82. The van der Waals surface area contributed by atoms with Crippen LogP contribution in [-0.2, 0) is 32.6 Å². The lowest BCUT2D eigenvalue weighted by molar-refractivity contribution is -0.122. The zero-order chi connectivity index (χ0) is 24.7. The Balaban J connectivity index is 1.65. The van der Waals surface area contributed by atoms with Crippen LogP contribution in [0.25, 0.3) is 0 Å². The predicted octanol–water partition coefficient (Wildman–Crippen LogP) is 2.01. The fourth-order valence-corrected chi connectivity index (χ4v) is 5.05. The zero-order valence-corrected chi connectivity index (χ0v) is 20.9. The molecule has 0 saturated carbocycles. The molecule has 0 aliphatic carbocycles. The average molecular weight is 492 g/mol. The minimum absolute atomic E-state index is 0.296. The molecule has 9 nitrogen and oxygen atoms in total. The van der Waals surface area contributed by atoms with E-state index in [4.69, 9.17) is 14.2 Å². The largest absolute Gasteiger partial charge is 0.493 e. The SMILES string of the molecule is COc1ccc(N([C@@H](C)C(=O)NCc2ccc(CN3CCOCC3)cc2)S(C)(=O)=O)cc1OC. The summed E-state index contributed by atoms with van der Waals surface area (Å²) in [5, 5.41) is 2.85. The summed E-state index contributed by atoms with van der Waals surface area (Å²) in [7, 11) is -0.783. The minimum Gasteiger partial charge on any atom is -0.493 e. The molecular weight excluding hydrogens is 458 g/mol. The molecular formula is C24H33N3O6S. The number of amides is 1. The molecule has 1 heterocycles. The van der Waals surface area contributed by atoms with Crippen LogP contribution in [0.3, 0.4) is 0 Å². The quantitative estimate of drug-likeness (QED) is 0.543. The van der Waals surface area contributed by atoms with Crippen molar-refractivity contribution in [3.63, 3.8) is 0 Å². The van der Waals surface area contributed by atoms with E-state index in [9.17, 15) is 13.2 Å². The molecule has 2 aromatic rings. The topological polar surface area (TPSA) is 97.4 Å². The predicted molar refractivity (Wildman–Crippen MR) is 131 cm³/mol. The third-order valence-corrected chi connectivity index (χ3v) is 6.95. The smallest absolute Gasteiger partial charge is 0.243 e. The second-order valence-corrected chi connectivity index (χ2v) is 10.1. The molecule has 1 N–H and O–H groups in total. The molecule has 1 atom stereocenters. The van der Waals surface area contributed by atoms with Crippen molar-refractivity contribution in [3.05, 3.63) is 53.6 Å². The molecule has 0 spiro atoms. The van der Waals surface area contributed by atoms with E-state index in [0.29, 0.717) is 23.7 Å². The number of hydrogen-bond donors (Lipinski definition) is 1. The number of carbonyl (C=O) groups is 1. The van der Waals surface area contributed by atoms with E-state index < -0.39 is 22.0 Å². The highest BCUT2D eigenvalue weighted by Gasteiger charge is 2.29. The lowest BCUT2D eigenvalue weighted by Crippen LogP contribution is -2.47. The van der Waals surface area contributed by atoms with E-state index >= 15 is 0 Å². The second-order valence-electron chi connectivity index (χ2n) is 8.20. The number of benzene rings is 2. The number of nitrogens with one attached hydrogen (secondary N) is 1. The van der Waals surface area contributed by atoms with Crippen molar-refractivity contribution in [1.29, 1.82) is 0 Å². The Kier molecular flexibility index (Phi) is 8.76. The summed E-state index contributed by atoms with van der Waals surface area (Å²) in [5.41, 5.74) is 2.45. The zero-order valence-electron chi connectivity index (χ0n) is 20.1. The fourth-order valence-electron chi connectivity index (χ4n) is 3.89. The average Bonchev–Trinajstić information content (AvgIpc) is 2.83. The Labute approximate surface area is 201 Å². The Bertz CT molecular complexity index is 1070. The van der Waals surface area contributed by atoms with Gasteiger partial charge in [-0.3, -0.25) is 14.0 Å². The summed E-state index contributed by atoms with van der Waals surface area (Å²) in [4.78, 5) is 15.2. The first-order valence-electron chi connectivity index (χ1n) is 11.1. The number of hydrogen-bond acceptors (Lipinski definition) is 7. The molecule has 0 unspecified atom stereocenters. The first-order chi connectivity index (χ1) is 16.2. The summed E-state index contributed by atoms with van der Waals surface area (Å²) < 4.78 is 42.1. The van der Waals surface area contributed by atoms with Gasteiger partial charge in [-0.1, -0.05) is 24.3 Å². The lowest BCUT2D eigenvalue weighted by Gasteiger charge is -2.28. The molecule has 1 aliphatic rings. The summed E-state index contributed by atoms with van der Waals surface area (Å²) in [6.07, 6.45) is 1.07.